The van der Waals surface area contributed by atoms with E-state index in [0.717, 1.165) is 3.57 Å². The van der Waals surface area contributed by atoms with Gasteiger partial charge in [0.25, 0.3) is 0 Å². The minimum atomic E-state index is -0.544. The zero-order valence-corrected chi connectivity index (χ0v) is 12.4. The summed E-state index contributed by atoms with van der Waals surface area (Å²) >= 11 is 2.07. The van der Waals surface area contributed by atoms with Crippen LogP contribution in [0.4, 0.5) is 5.95 Å². The van der Waals surface area contributed by atoms with Gasteiger partial charge in [-0.2, -0.15) is 9.97 Å². The van der Waals surface area contributed by atoms with Crippen LogP contribution in [-0.4, -0.2) is 26.0 Å². The van der Waals surface area contributed by atoms with Crippen LogP contribution in [0.3, 0.4) is 0 Å². The molecule has 6 nitrogen and oxygen atoms in total. The molecule has 0 unspecified atom stereocenters. The van der Waals surface area contributed by atoms with Gasteiger partial charge in [0.2, 0.25) is 17.7 Å². The van der Waals surface area contributed by atoms with Gasteiger partial charge in [0.1, 0.15) is 5.65 Å². The van der Waals surface area contributed by atoms with Gasteiger partial charge in [0, 0.05) is 15.2 Å². The van der Waals surface area contributed by atoms with Crippen molar-refractivity contribution < 1.29 is 9.90 Å². The van der Waals surface area contributed by atoms with E-state index < -0.39 is 5.41 Å². The minimum absolute atomic E-state index is 0.0955. The van der Waals surface area contributed by atoms with E-state index in [9.17, 15) is 9.90 Å². The molecule has 0 aliphatic carbocycles. The summed E-state index contributed by atoms with van der Waals surface area (Å²) in [7, 11) is 0. The summed E-state index contributed by atoms with van der Waals surface area (Å²) in [5.41, 5.74) is -0.0472. The summed E-state index contributed by atoms with van der Waals surface area (Å²) in [4.78, 5) is 22.7. The lowest BCUT2D eigenvalue weighted by Crippen LogP contribution is -2.28. The summed E-state index contributed by atoms with van der Waals surface area (Å²) in [6, 6.07) is 0. The number of nitrogens with zero attached hydrogens (tertiary/aromatic N) is 2. The van der Waals surface area contributed by atoms with Gasteiger partial charge in [-0.1, -0.05) is 20.8 Å². The molecular formula is C11H13IN4O2. The average Bonchev–Trinajstić information content (AvgIpc) is 2.59. The van der Waals surface area contributed by atoms with Crippen LogP contribution in [0.1, 0.15) is 20.8 Å². The van der Waals surface area contributed by atoms with E-state index in [1.54, 1.807) is 27.0 Å². The molecule has 2 heterocycles. The number of nitrogens with one attached hydrogen (secondary N) is 2. The maximum Gasteiger partial charge on any atom is 0.234 e. The standard InChI is InChI=1S/C11H13IN4O2/c1-11(2,3)9(18)16-10-14-7-6(8(17)15-10)5(12)4-13-7/h4H,1-3H3,(H3,13,14,15,16,17,18). The highest BCUT2D eigenvalue weighted by Crippen LogP contribution is 2.27. The van der Waals surface area contributed by atoms with Gasteiger partial charge in [-0.15, -0.1) is 0 Å². The Kier molecular flexibility index (Phi) is 3.18. The number of carbonyl (C=O) groups excluding carboxylic acids is 1. The second-order valence-electron chi connectivity index (χ2n) is 4.94. The lowest BCUT2D eigenvalue weighted by Gasteiger charge is -2.16. The van der Waals surface area contributed by atoms with Crippen molar-refractivity contribution in [2.24, 2.45) is 5.41 Å². The van der Waals surface area contributed by atoms with E-state index in [4.69, 9.17) is 0 Å². The summed E-state index contributed by atoms with van der Waals surface area (Å²) in [5.74, 6) is -0.254. The summed E-state index contributed by atoms with van der Waals surface area (Å²) < 4.78 is 0.828. The van der Waals surface area contributed by atoms with Gasteiger partial charge < -0.3 is 10.1 Å². The molecule has 18 heavy (non-hydrogen) atoms. The van der Waals surface area contributed by atoms with E-state index >= 15 is 0 Å². The second kappa shape index (κ2) is 4.38. The lowest BCUT2D eigenvalue weighted by atomic mass is 9.96. The molecule has 0 aromatic carbocycles. The molecule has 0 fully saturated rings. The zero-order valence-electron chi connectivity index (χ0n) is 10.2. The van der Waals surface area contributed by atoms with E-state index in [1.165, 1.54) is 0 Å². The number of aromatic hydroxyl groups is 1. The van der Waals surface area contributed by atoms with Crippen LogP contribution in [-0.2, 0) is 4.79 Å². The van der Waals surface area contributed by atoms with Crippen molar-refractivity contribution in [1.29, 1.82) is 0 Å². The Morgan fingerprint density at radius 1 is 1.44 bits per heavy atom. The monoisotopic (exact) mass is 360 g/mol. The van der Waals surface area contributed by atoms with E-state index in [-0.39, 0.29) is 17.7 Å². The topological polar surface area (TPSA) is 90.9 Å². The van der Waals surface area contributed by atoms with Crippen molar-refractivity contribution in [1.82, 2.24) is 15.0 Å². The second-order valence-corrected chi connectivity index (χ2v) is 6.10. The van der Waals surface area contributed by atoms with Crippen LogP contribution in [0.2, 0.25) is 0 Å². The van der Waals surface area contributed by atoms with Crippen LogP contribution in [0.15, 0.2) is 6.20 Å². The fourth-order valence-electron chi connectivity index (χ4n) is 1.32. The van der Waals surface area contributed by atoms with E-state index in [1.807, 2.05) is 0 Å². The van der Waals surface area contributed by atoms with E-state index in [2.05, 4.69) is 42.9 Å². The summed E-state index contributed by atoms with van der Waals surface area (Å²) in [6.07, 6.45) is 1.72. The highest BCUT2D eigenvalue weighted by Gasteiger charge is 2.23. The molecular weight excluding hydrogens is 347 g/mol. The molecule has 0 spiro atoms. The van der Waals surface area contributed by atoms with Gasteiger partial charge >= 0.3 is 0 Å². The van der Waals surface area contributed by atoms with Crippen LogP contribution in [0.25, 0.3) is 11.0 Å². The molecule has 2 aromatic rings. The lowest BCUT2D eigenvalue weighted by molar-refractivity contribution is -0.123. The van der Waals surface area contributed by atoms with Crippen molar-refractivity contribution in [2.45, 2.75) is 20.8 Å². The molecule has 1 amide bonds. The first kappa shape index (κ1) is 13.1. The Morgan fingerprint density at radius 3 is 2.72 bits per heavy atom. The summed E-state index contributed by atoms with van der Waals surface area (Å²) in [5, 5.41) is 13.0. The number of hydrogen-bond donors (Lipinski definition) is 3. The Hall–Kier alpha value is -1.38. The van der Waals surface area contributed by atoms with Crippen molar-refractivity contribution in [3.8, 4) is 5.88 Å². The van der Waals surface area contributed by atoms with Gasteiger partial charge in [-0.25, -0.2) is 0 Å². The first-order valence-corrected chi connectivity index (χ1v) is 6.42. The number of carbonyl (C=O) groups is 1. The number of aromatic nitrogens is 3. The third-order valence-corrected chi connectivity index (χ3v) is 3.22. The molecule has 0 saturated carbocycles. The van der Waals surface area contributed by atoms with Crippen molar-refractivity contribution >= 4 is 45.5 Å². The van der Waals surface area contributed by atoms with Crippen molar-refractivity contribution in [3.05, 3.63) is 9.77 Å². The molecule has 96 valence electrons. The maximum atomic E-state index is 11.8. The number of halogens is 1. The van der Waals surface area contributed by atoms with Gasteiger partial charge in [0.15, 0.2) is 0 Å². The minimum Gasteiger partial charge on any atom is -0.493 e. The quantitative estimate of drug-likeness (QED) is 0.681. The number of H-pyrrole nitrogens is 1. The Morgan fingerprint density at radius 2 is 2.11 bits per heavy atom. The van der Waals surface area contributed by atoms with Gasteiger partial charge in [-0.3, -0.25) is 10.1 Å². The number of fused-ring (bicyclic) bond motifs is 1. The smallest absolute Gasteiger partial charge is 0.234 e. The fourth-order valence-corrected chi connectivity index (χ4v) is 1.97. The first-order valence-electron chi connectivity index (χ1n) is 5.34. The predicted octanol–water partition coefficient (Wildman–Crippen LogP) is 2.25. The number of hydrogen-bond acceptors (Lipinski definition) is 4. The molecule has 3 N–H and O–H groups in total. The molecule has 7 heteroatoms. The van der Waals surface area contributed by atoms with Crippen LogP contribution in [0, 0.1) is 8.99 Å². The molecule has 0 atom stereocenters. The molecule has 2 aromatic heterocycles. The van der Waals surface area contributed by atoms with Crippen molar-refractivity contribution in [2.75, 3.05) is 5.32 Å². The number of anilines is 1. The third-order valence-electron chi connectivity index (χ3n) is 2.37. The first-order chi connectivity index (χ1) is 8.29. The van der Waals surface area contributed by atoms with Crippen molar-refractivity contribution in [3.63, 3.8) is 0 Å². The van der Waals surface area contributed by atoms with Crippen LogP contribution < -0.4 is 5.32 Å². The van der Waals surface area contributed by atoms with E-state index in [0.29, 0.717) is 11.0 Å². The normalized spacial score (nSPS) is 11.8. The summed E-state index contributed by atoms with van der Waals surface area (Å²) in [6.45, 7) is 5.37. The highest BCUT2D eigenvalue weighted by atomic mass is 127. The molecule has 0 saturated heterocycles. The zero-order chi connectivity index (χ0) is 13.5. The number of amides is 1. The molecule has 2 rings (SSSR count). The largest absolute Gasteiger partial charge is 0.493 e. The molecule has 0 bridgehead atoms. The highest BCUT2D eigenvalue weighted by molar-refractivity contribution is 14.1. The predicted molar refractivity (Wildman–Crippen MR) is 76.4 cm³/mol. The van der Waals surface area contributed by atoms with Gasteiger partial charge in [-0.05, 0) is 22.6 Å². The maximum absolute atomic E-state index is 11.8. The Bertz CT molecular complexity index is 615. The average molecular weight is 360 g/mol. The third kappa shape index (κ3) is 2.40. The van der Waals surface area contributed by atoms with Crippen LogP contribution in [0.5, 0.6) is 5.88 Å². The van der Waals surface area contributed by atoms with Gasteiger partial charge in [0.05, 0.1) is 5.39 Å². The number of rotatable bonds is 1. The van der Waals surface area contributed by atoms with Crippen LogP contribution >= 0.6 is 22.6 Å². The Labute approximate surface area is 117 Å². The number of aromatic amines is 1. The molecule has 0 aliphatic rings. The molecule has 0 radical (unpaired) electrons. The molecule has 0 aliphatic heterocycles. The fraction of sp³-hybridized carbons (Fsp3) is 0.364. The Balaban J connectivity index is 2.39. The SMILES string of the molecule is CC(C)(C)C(=O)Nc1nc(O)c2c(I)c[nH]c2n1.